The van der Waals surface area contributed by atoms with E-state index in [0.717, 1.165) is 18.7 Å². The van der Waals surface area contributed by atoms with E-state index >= 15 is 0 Å². The minimum Gasteiger partial charge on any atom is -0.256 e. The van der Waals surface area contributed by atoms with E-state index in [1.54, 1.807) is 0 Å². The van der Waals surface area contributed by atoms with Gasteiger partial charge in [0.2, 0.25) is 5.69 Å². The highest BCUT2D eigenvalue weighted by atomic mass is 15.0. The Hall–Kier alpha value is -3.26. The SMILES string of the molecule is Cc1ccc(-c2cccc[n+]2CCc2ccccc2-c2ccccn2)c(C)c1. The average molecular weight is 366 g/mol. The maximum atomic E-state index is 4.54. The zero-order valence-electron chi connectivity index (χ0n) is 16.5. The summed E-state index contributed by atoms with van der Waals surface area (Å²) in [6.07, 6.45) is 4.99. The molecule has 0 aliphatic rings. The summed E-state index contributed by atoms with van der Waals surface area (Å²) in [6, 6.07) is 27.8. The quantitative estimate of drug-likeness (QED) is 0.423. The van der Waals surface area contributed by atoms with Crippen molar-refractivity contribution in [3.05, 3.63) is 108 Å². The van der Waals surface area contributed by atoms with Crippen LogP contribution in [0.5, 0.6) is 0 Å². The molecule has 0 aliphatic heterocycles. The van der Waals surface area contributed by atoms with Gasteiger partial charge in [-0.25, -0.2) is 0 Å². The molecule has 2 nitrogen and oxygen atoms in total. The zero-order valence-corrected chi connectivity index (χ0v) is 16.5. The van der Waals surface area contributed by atoms with Crippen molar-refractivity contribution in [2.75, 3.05) is 0 Å². The number of pyridine rings is 2. The monoisotopic (exact) mass is 365 g/mol. The van der Waals surface area contributed by atoms with Crippen molar-refractivity contribution in [3.8, 4) is 22.5 Å². The standard InChI is InChI=1S/C26H25N2/c1-20-13-14-23(21(2)19-20)26-12-6-8-17-28(26)18-15-22-9-3-4-10-24(22)25-11-5-7-16-27-25/h3-14,16-17,19H,15,18H2,1-2H3/q+1. The number of nitrogens with zero attached hydrogens (tertiary/aromatic N) is 2. The van der Waals surface area contributed by atoms with Crippen molar-refractivity contribution in [2.24, 2.45) is 0 Å². The predicted molar refractivity (Wildman–Crippen MR) is 115 cm³/mol. The highest BCUT2D eigenvalue weighted by Crippen LogP contribution is 2.23. The average Bonchev–Trinajstić information content (AvgIpc) is 2.73. The summed E-state index contributed by atoms with van der Waals surface area (Å²) < 4.78 is 2.35. The molecule has 0 saturated heterocycles. The molecule has 0 radical (unpaired) electrons. The molecule has 138 valence electrons. The van der Waals surface area contributed by atoms with Crippen LogP contribution in [0.4, 0.5) is 0 Å². The van der Waals surface area contributed by atoms with Gasteiger partial charge < -0.3 is 0 Å². The molecule has 28 heavy (non-hydrogen) atoms. The summed E-state index contributed by atoms with van der Waals surface area (Å²) in [6.45, 7) is 5.26. The molecule has 0 fully saturated rings. The summed E-state index contributed by atoms with van der Waals surface area (Å²) in [7, 11) is 0. The predicted octanol–water partition coefficient (Wildman–Crippen LogP) is 5.56. The van der Waals surface area contributed by atoms with Gasteiger partial charge in [-0.05, 0) is 49.2 Å². The van der Waals surface area contributed by atoms with Crippen LogP contribution in [0.1, 0.15) is 16.7 Å². The Kier molecular flexibility index (Phi) is 5.29. The topological polar surface area (TPSA) is 16.8 Å². The first-order chi connectivity index (χ1) is 13.7. The molecule has 2 aromatic heterocycles. The van der Waals surface area contributed by atoms with Crippen molar-refractivity contribution in [1.82, 2.24) is 4.98 Å². The molecule has 0 unspecified atom stereocenters. The Morgan fingerprint density at radius 1 is 0.786 bits per heavy atom. The fourth-order valence-electron chi connectivity index (χ4n) is 3.77. The van der Waals surface area contributed by atoms with E-state index < -0.39 is 0 Å². The number of hydrogen-bond acceptors (Lipinski definition) is 1. The second-order valence-corrected chi connectivity index (χ2v) is 7.22. The van der Waals surface area contributed by atoms with Gasteiger partial charge >= 0.3 is 0 Å². The van der Waals surface area contributed by atoms with Crippen LogP contribution in [0.3, 0.4) is 0 Å². The van der Waals surface area contributed by atoms with E-state index in [2.05, 4.69) is 96.3 Å². The van der Waals surface area contributed by atoms with Gasteiger partial charge in [-0.15, -0.1) is 0 Å². The van der Waals surface area contributed by atoms with Gasteiger partial charge in [0.05, 0.1) is 5.69 Å². The molecule has 2 aromatic carbocycles. The van der Waals surface area contributed by atoms with E-state index in [4.69, 9.17) is 0 Å². The molecule has 2 heterocycles. The molecular formula is C26H25N2+. The molecule has 0 bridgehead atoms. The van der Waals surface area contributed by atoms with E-state index in [9.17, 15) is 0 Å². The number of rotatable bonds is 5. The van der Waals surface area contributed by atoms with Crippen molar-refractivity contribution >= 4 is 0 Å². The van der Waals surface area contributed by atoms with Gasteiger partial charge in [0.25, 0.3) is 0 Å². The Balaban J connectivity index is 1.64. The van der Waals surface area contributed by atoms with Crippen LogP contribution in [0, 0.1) is 13.8 Å². The summed E-state index contributed by atoms with van der Waals surface area (Å²) in [5.74, 6) is 0. The lowest BCUT2D eigenvalue weighted by molar-refractivity contribution is -0.685. The molecular weight excluding hydrogens is 340 g/mol. The van der Waals surface area contributed by atoms with Crippen molar-refractivity contribution in [2.45, 2.75) is 26.8 Å². The van der Waals surface area contributed by atoms with Crippen LogP contribution >= 0.6 is 0 Å². The fourth-order valence-corrected chi connectivity index (χ4v) is 3.77. The summed E-state index contributed by atoms with van der Waals surface area (Å²) >= 11 is 0. The zero-order chi connectivity index (χ0) is 19.3. The highest BCUT2D eigenvalue weighted by Gasteiger charge is 2.15. The third-order valence-corrected chi connectivity index (χ3v) is 5.18. The summed E-state index contributed by atoms with van der Waals surface area (Å²) in [5.41, 5.74) is 8.74. The number of hydrogen-bond donors (Lipinski definition) is 0. The van der Waals surface area contributed by atoms with Gasteiger partial charge in [-0.1, -0.05) is 48.0 Å². The van der Waals surface area contributed by atoms with E-state index in [1.165, 1.54) is 33.5 Å². The first-order valence-electron chi connectivity index (χ1n) is 9.78. The maximum Gasteiger partial charge on any atom is 0.212 e. The second-order valence-electron chi connectivity index (χ2n) is 7.22. The second kappa shape index (κ2) is 8.18. The third-order valence-electron chi connectivity index (χ3n) is 5.18. The highest BCUT2D eigenvalue weighted by molar-refractivity contribution is 5.63. The molecule has 4 rings (SSSR count). The lowest BCUT2D eigenvalue weighted by Gasteiger charge is -2.10. The smallest absolute Gasteiger partial charge is 0.212 e. The number of aryl methyl sites for hydroxylation is 4. The Labute approximate surface area is 167 Å². The molecule has 0 N–H and O–H groups in total. The minimum absolute atomic E-state index is 0.924. The van der Waals surface area contributed by atoms with Crippen LogP contribution in [0.2, 0.25) is 0 Å². The van der Waals surface area contributed by atoms with E-state index in [-0.39, 0.29) is 0 Å². The molecule has 0 saturated carbocycles. The van der Waals surface area contributed by atoms with Gasteiger partial charge in [0.1, 0.15) is 0 Å². The van der Waals surface area contributed by atoms with Crippen LogP contribution in [-0.4, -0.2) is 4.98 Å². The first-order valence-corrected chi connectivity index (χ1v) is 9.78. The lowest BCUT2D eigenvalue weighted by atomic mass is 10.00. The number of aromatic nitrogens is 2. The summed E-state index contributed by atoms with van der Waals surface area (Å²) in [5, 5.41) is 0. The first kappa shape index (κ1) is 18.1. The van der Waals surface area contributed by atoms with Crippen LogP contribution < -0.4 is 4.57 Å². The molecule has 0 atom stereocenters. The van der Waals surface area contributed by atoms with E-state index in [0.29, 0.717) is 0 Å². The molecule has 4 aromatic rings. The third kappa shape index (κ3) is 3.86. The molecule has 2 heteroatoms. The Morgan fingerprint density at radius 2 is 1.61 bits per heavy atom. The van der Waals surface area contributed by atoms with Crippen LogP contribution in [-0.2, 0) is 13.0 Å². The van der Waals surface area contributed by atoms with Crippen molar-refractivity contribution < 1.29 is 4.57 Å². The molecule has 0 aliphatic carbocycles. The molecule has 0 spiro atoms. The molecule has 0 amide bonds. The number of benzene rings is 2. The van der Waals surface area contributed by atoms with Crippen molar-refractivity contribution in [3.63, 3.8) is 0 Å². The Morgan fingerprint density at radius 3 is 2.43 bits per heavy atom. The normalized spacial score (nSPS) is 10.8. The van der Waals surface area contributed by atoms with Gasteiger partial charge in [-0.3, -0.25) is 4.98 Å². The van der Waals surface area contributed by atoms with Crippen LogP contribution in [0.25, 0.3) is 22.5 Å². The maximum absolute atomic E-state index is 4.54. The minimum atomic E-state index is 0.924. The van der Waals surface area contributed by atoms with Crippen LogP contribution in [0.15, 0.2) is 91.3 Å². The van der Waals surface area contributed by atoms with Gasteiger partial charge in [-0.2, -0.15) is 4.57 Å². The fraction of sp³-hybridized carbons (Fsp3) is 0.154. The van der Waals surface area contributed by atoms with Gasteiger partial charge in [0, 0.05) is 35.9 Å². The largest absolute Gasteiger partial charge is 0.256 e. The van der Waals surface area contributed by atoms with E-state index in [1.807, 2.05) is 18.3 Å². The Bertz CT molecular complexity index is 1080. The summed E-state index contributed by atoms with van der Waals surface area (Å²) in [4.78, 5) is 4.54. The van der Waals surface area contributed by atoms with Gasteiger partial charge in [0.15, 0.2) is 12.7 Å². The van der Waals surface area contributed by atoms with Crippen molar-refractivity contribution in [1.29, 1.82) is 0 Å². The lowest BCUT2D eigenvalue weighted by Crippen LogP contribution is -2.37.